The fourth-order valence-corrected chi connectivity index (χ4v) is 5.22. The van der Waals surface area contributed by atoms with Gasteiger partial charge in [-0.2, -0.15) is 0 Å². The molecule has 2 fully saturated rings. The third kappa shape index (κ3) is 6.43. The Kier molecular flexibility index (Phi) is 8.98. The first kappa shape index (κ1) is 29.1. The van der Waals surface area contributed by atoms with Gasteiger partial charge in [-0.15, -0.1) is 0 Å². The topological polar surface area (TPSA) is 71.0 Å². The number of nitrogens with one attached hydrogen (secondary N) is 1. The predicted octanol–water partition coefficient (Wildman–Crippen LogP) is 6.16. The number of benzene rings is 3. The summed E-state index contributed by atoms with van der Waals surface area (Å²) in [6.07, 6.45) is 2.60. The lowest BCUT2D eigenvalue weighted by Gasteiger charge is -2.39. The van der Waals surface area contributed by atoms with Crippen molar-refractivity contribution in [2.24, 2.45) is 0 Å². The minimum absolute atomic E-state index is 0.0469. The van der Waals surface area contributed by atoms with Crippen LogP contribution in [0.1, 0.15) is 65.1 Å². The lowest BCUT2D eigenvalue weighted by Crippen LogP contribution is -2.41. The second-order valence-corrected chi connectivity index (χ2v) is 10.2. The highest BCUT2D eigenvalue weighted by molar-refractivity contribution is 6.04. The minimum Gasteiger partial charge on any atom is -0.392 e. The molecule has 0 aliphatic carbocycles. The summed E-state index contributed by atoms with van der Waals surface area (Å²) in [6, 6.07) is 13.5. The minimum atomic E-state index is -2.34. The maximum atomic E-state index is 14.2. The number of hydrogen-bond acceptors (Lipinski definition) is 5. The second kappa shape index (κ2) is 12.6. The van der Waals surface area contributed by atoms with Gasteiger partial charge in [0.15, 0.2) is 29.6 Å². The molecule has 3 aromatic carbocycles. The number of likely N-dealkylation sites (tertiary alicyclic amines) is 1. The van der Waals surface area contributed by atoms with E-state index in [0.29, 0.717) is 18.5 Å². The first-order chi connectivity index (χ1) is 19.7. The summed E-state index contributed by atoms with van der Waals surface area (Å²) in [5.41, 5.74) is 0.616. The molecule has 2 aliphatic rings. The van der Waals surface area contributed by atoms with Gasteiger partial charge >= 0.3 is 0 Å². The molecule has 0 spiro atoms. The van der Waals surface area contributed by atoms with Crippen molar-refractivity contribution in [2.45, 2.75) is 50.8 Å². The number of piperidine rings is 1. The average Bonchev–Trinajstić information content (AvgIpc) is 2.99. The van der Waals surface area contributed by atoms with Gasteiger partial charge in [0.2, 0.25) is 5.82 Å². The normalized spacial score (nSPS) is 21.6. The molecule has 2 aliphatic heterocycles. The summed E-state index contributed by atoms with van der Waals surface area (Å²) in [4.78, 5) is 14.9. The van der Waals surface area contributed by atoms with Crippen molar-refractivity contribution in [1.82, 2.24) is 4.90 Å². The highest BCUT2D eigenvalue weighted by Gasteiger charge is 2.34. The van der Waals surface area contributed by atoms with Crippen LogP contribution < -0.4 is 5.32 Å². The highest BCUT2D eigenvalue weighted by Crippen LogP contribution is 2.39. The summed E-state index contributed by atoms with van der Waals surface area (Å²) in [7, 11) is 0. The molecule has 2 saturated heterocycles. The Morgan fingerprint density at radius 2 is 1.51 bits per heavy atom. The van der Waals surface area contributed by atoms with Crippen LogP contribution in [0.5, 0.6) is 0 Å². The van der Waals surface area contributed by atoms with Crippen molar-refractivity contribution in [3.63, 3.8) is 0 Å². The molecule has 0 bridgehead atoms. The van der Waals surface area contributed by atoms with E-state index < -0.39 is 46.8 Å². The monoisotopic (exact) mass is 576 g/mol. The number of carbonyl (C=O) groups is 1. The van der Waals surface area contributed by atoms with Crippen molar-refractivity contribution in [3.05, 3.63) is 99.9 Å². The number of ether oxygens (including phenoxy) is 2. The van der Waals surface area contributed by atoms with Gasteiger partial charge in [0.05, 0.1) is 18.8 Å². The number of aliphatic hydroxyl groups is 1. The van der Waals surface area contributed by atoms with Crippen LogP contribution in [0.2, 0.25) is 0 Å². The molecule has 6 nitrogen and oxygen atoms in total. The SMILES string of the molecule is O=C(Nc1cccc([C@@H]2O[C@H](CN3CCCCC3)C[C@H](c3ccc(CO)cc3)O2)c1)c1c(F)c(F)c(F)c(F)c1F. The number of anilines is 1. The van der Waals surface area contributed by atoms with E-state index in [1.54, 1.807) is 12.1 Å². The first-order valence-electron chi connectivity index (χ1n) is 13.4. The van der Waals surface area contributed by atoms with E-state index >= 15 is 0 Å². The van der Waals surface area contributed by atoms with E-state index in [-0.39, 0.29) is 24.5 Å². The Bertz CT molecular complexity index is 1370. The number of halogens is 5. The van der Waals surface area contributed by atoms with Gasteiger partial charge in [-0.1, -0.05) is 42.8 Å². The molecular weight excluding hydrogens is 547 g/mol. The quantitative estimate of drug-likeness (QED) is 0.200. The van der Waals surface area contributed by atoms with Gasteiger partial charge < -0.3 is 24.8 Å². The van der Waals surface area contributed by atoms with Crippen LogP contribution in [0.15, 0.2) is 48.5 Å². The Hall–Kier alpha value is -3.38. The van der Waals surface area contributed by atoms with Gasteiger partial charge in [-0.25, -0.2) is 22.0 Å². The van der Waals surface area contributed by atoms with Crippen LogP contribution in [0, 0.1) is 29.1 Å². The molecule has 1 amide bonds. The largest absolute Gasteiger partial charge is 0.392 e. The first-order valence-corrected chi connectivity index (χ1v) is 13.4. The van der Waals surface area contributed by atoms with Crippen LogP contribution >= 0.6 is 0 Å². The number of rotatable bonds is 7. The lowest BCUT2D eigenvalue weighted by molar-refractivity contribution is -0.253. The number of aliphatic hydroxyl groups excluding tert-OH is 1. The van der Waals surface area contributed by atoms with Gasteiger partial charge in [0, 0.05) is 24.2 Å². The molecule has 41 heavy (non-hydrogen) atoms. The van der Waals surface area contributed by atoms with Crippen molar-refractivity contribution in [2.75, 3.05) is 25.0 Å². The van der Waals surface area contributed by atoms with Crippen LogP contribution in [0.3, 0.4) is 0 Å². The third-order valence-electron chi connectivity index (χ3n) is 7.38. The number of hydrogen-bond donors (Lipinski definition) is 2. The van der Waals surface area contributed by atoms with Crippen molar-refractivity contribution >= 4 is 11.6 Å². The van der Waals surface area contributed by atoms with Crippen LogP contribution in [-0.4, -0.2) is 41.7 Å². The summed E-state index contributed by atoms with van der Waals surface area (Å²) < 4.78 is 81.7. The molecule has 0 radical (unpaired) electrons. The summed E-state index contributed by atoms with van der Waals surface area (Å²) in [5.74, 6) is -12.7. The van der Waals surface area contributed by atoms with E-state index in [0.717, 1.165) is 37.1 Å². The van der Waals surface area contributed by atoms with Crippen LogP contribution in [0.4, 0.5) is 27.6 Å². The molecular formula is C30H29F5N2O4. The maximum absolute atomic E-state index is 14.2. The molecule has 2 heterocycles. The van der Waals surface area contributed by atoms with Crippen LogP contribution in [0.25, 0.3) is 0 Å². The number of amides is 1. The highest BCUT2D eigenvalue weighted by atomic mass is 19.2. The van der Waals surface area contributed by atoms with E-state index in [1.807, 2.05) is 24.3 Å². The molecule has 0 unspecified atom stereocenters. The number of nitrogens with zero attached hydrogens (tertiary/aromatic N) is 1. The smallest absolute Gasteiger partial charge is 0.261 e. The average molecular weight is 577 g/mol. The molecule has 5 rings (SSSR count). The van der Waals surface area contributed by atoms with Crippen molar-refractivity contribution in [1.29, 1.82) is 0 Å². The fourth-order valence-electron chi connectivity index (χ4n) is 5.22. The molecule has 2 N–H and O–H groups in total. The Morgan fingerprint density at radius 1 is 0.854 bits per heavy atom. The van der Waals surface area contributed by atoms with Gasteiger partial charge in [0.25, 0.3) is 5.91 Å². The summed E-state index contributed by atoms with van der Waals surface area (Å²) in [5, 5.41) is 11.6. The Labute approximate surface area is 233 Å². The van der Waals surface area contributed by atoms with Crippen molar-refractivity contribution in [3.8, 4) is 0 Å². The standard InChI is InChI=1S/C30H29F5N2O4/c31-24-23(25(32)27(34)28(35)26(24)33)29(39)36-20-6-4-5-19(13-20)30-40-21(15-37-11-2-1-3-12-37)14-22(41-30)18-9-7-17(16-38)8-10-18/h4-10,13,21-22,30,38H,1-3,11-12,14-16H2,(H,36,39)/t21-,22+,30+/m0/s1. The zero-order chi connectivity index (χ0) is 29.1. The molecule has 3 atom stereocenters. The molecule has 218 valence electrons. The third-order valence-corrected chi connectivity index (χ3v) is 7.38. The molecule has 0 aromatic heterocycles. The fraction of sp³-hybridized carbons (Fsp3) is 0.367. The van der Waals surface area contributed by atoms with E-state index in [1.165, 1.54) is 18.6 Å². The van der Waals surface area contributed by atoms with Crippen LogP contribution in [-0.2, 0) is 16.1 Å². The maximum Gasteiger partial charge on any atom is 0.261 e. The zero-order valence-electron chi connectivity index (χ0n) is 22.0. The lowest BCUT2D eigenvalue weighted by atomic mass is 9.99. The second-order valence-electron chi connectivity index (χ2n) is 10.2. The predicted molar refractivity (Wildman–Crippen MR) is 139 cm³/mol. The summed E-state index contributed by atoms with van der Waals surface area (Å²) >= 11 is 0. The van der Waals surface area contributed by atoms with E-state index in [9.17, 15) is 31.9 Å². The zero-order valence-corrected chi connectivity index (χ0v) is 22.0. The molecule has 11 heteroatoms. The van der Waals surface area contributed by atoms with E-state index in [2.05, 4.69) is 10.2 Å². The van der Waals surface area contributed by atoms with Gasteiger partial charge in [-0.3, -0.25) is 4.79 Å². The Balaban J connectivity index is 1.38. The summed E-state index contributed by atoms with van der Waals surface area (Å²) in [6.45, 7) is 2.56. The Morgan fingerprint density at radius 3 is 2.17 bits per heavy atom. The number of carbonyl (C=O) groups excluding carboxylic acids is 1. The van der Waals surface area contributed by atoms with Crippen molar-refractivity contribution < 1.29 is 41.3 Å². The van der Waals surface area contributed by atoms with Gasteiger partial charge in [-0.05, 0) is 49.2 Å². The molecule has 3 aromatic rings. The van der Waals surface area contributed by atoms with Gasteiger partial charge in [0.1, 0.15) is 5.56 Å². The molecule has 0 saturated carbocycles. The van der Waals surface area contributed by atoms with E-state index in [4.69, 9.17) is 9.47 Å².